The number of urea groups is 1. The van der Waals surface area contributed by atoms with E-state index < -0.39 is 12.0 Å². The molecule has 0 bridgehead atoms. The molecule has 0 atom stereocenters. The van der Waals surface area contributed by atoms with Gasteiger partial charge in [-0.2, -0.15) is 4.39 Å². The van der Waals surface area contributed by atoms with Crippen molar-refractivity contribution >= 4 is 23.8 Å². The third-order valence-electron chi connectivity index (χ3n) is 6.03. The molecule has 3 heterocycles. The topological polar surface area (TPSA) is 124 Å². The highest BCUT2D eigenvalue weighted by Gasteiger charge is 2.18. The second kappa shape index (κ2) is 13.9. The quantitative estimate of drug-likeness (QED) is 0.375. The minimum absolute atomic E-state index is 0.197. The van der Waals surface area contributed by atoms with Crippen molar-refractivity contribution in [2.24, 2.45) is 22.4 Å². The number of fused-ring (bicyclic) bond motifs is 1. The predicted octanol–water partition coefficient (Wildman–Crippen LogP) is 3.52. The predicted molar refractivity (Wildman–Crippen MR) is 141 cm³/mol. The summed E-state index contributed by atoms with van der Waals surface area (Å²) >= 11 is 0. The number of aliphatic imine (C=N–C) groups is 1. The van der Waals surface area contributed by atoms with Gasteiger partial charge in [0.1, 0.15) is 0 Å². The summed E-state index contributed by atoms with van der Waals surface area (Å²) in [6.45, 7) is 1.64. The number of carbonyl (C=O) groups excluding carboxylic acids is 2. The number of primary amides is 1. The Hall–Kier alpha value is -4.03. The van der Waals surface area contributed by atoms with Crippen molar-refractivity contribution in [1.82, 2.24) is 4.98 Å². The Kier molecular flexibility index (Phi) is 10.4. The molecule has 4 rings (SSSR count). The van der Waals surface area contributed by atoms with E-state index in [1.54, 1.807) is 11.0 Å². The van der Waals surface area contributed by atoms with Gasteiger partial charge in [0.25, 0.3) is 0 Å². The average Bonchev–Trinajstić information content (AvgIpc) is 3.04. The molecule has 1 fully saturated rings. The number of allylic oxidation sites excluding steroid dienone is 1. The fourth-order valence-corrected chi connectivity index (χ4v) is 3.98. The molecule has 0 saturated carbocycles. The molecule has 1 aromatic carbocycles. The second-order valence-corrected chi connectivity index (χ2v) is 8.77. The van der Waals surface area contributed by atoms with Gasteiger partial charge in [0.2, 0.25) is 11.9 Å². The summed E-state index contributed by atoms with van der Waals surface area (Å²) in [7, 11) is 1.86. The lowest BCUT2D eigenvalue weighted by Crippen LogP contribution is -2.25. The number of amides is 3. The van der Waals surface area contributed by atoms with E-state index in [2.05, 4.69) is 40.0 Å². The van der Waals surface area contributed by atoms with E-state index in [0.29, 0.717) is 23.6 Å². The number of benzene rings is 1. The van der Waals surface area contributed by atoms with Crippen molar-refractivity contribution in [3.05, 3.63) is 70.9 Å². The van der Waals surface area contributed by atoms with E-state index in [4.69, 9.17) is 16.2 Å². The number of nitrogens with two attached hydrogens (primary N) is 2. The highest BCUT2D eigenvalue weighted by atomic mass is 19.1. The summed E-state index contributed by atoms with van der Waals surface area (Å²) in [4.78, 5) is 31.2. The van der Waals surface area contributed by atoms with Gasteiger partial charge in [-0.25, -0.2) is 14.8 Å². The number of rotatable bonds is 3. The Balaban J connectivity index is 0.000000214. The summed E-state index contributed by atoms with van der Waals surface area (Å²) in [6, 6.07) is 9.87. The Morgan fingerprint density at radius 3 is 2.76 bits per heavy atom. The number of nitrogens with zero attached hydrogens (tertiary/aromatic N) is 3. The molecule has 2 aliphatic rings. The molecule has 37 heavy (non-hydrogen) atoms. The molecule has 1 saturated heterocycles. The Bertz CT molecular complexity index is 1230. The molecule has 0 spiro atoms. The van der Waals surface area contributed by atoms with Crippen LogP contribution in [0.15, 0.2) is 53.2 Å². The van der Waals surface area contributed by atoms with Crippen LogP contribution >= 0.6 is 0 Å². The number of hydrogen-bond donors (Lipinski definition) is 2. The number of carbonyl (C=O) groups is 2. The summed E-state index contributed by atoms with van der Waals surface area (Å²) in [5.41, 5.74) is 14.4. The lowest BCUT2D eigenvalue weighted by Gasteiger charge is -2.18. The summed E-state index contributed by atoms with van der Waals surface area (Å²) in [5, 5.41) is 0. The maximum Gasteiger partial charge on any atom is 0.338 e. The molecule has 3 amide bonds. The first-order valence-corrected chi connectivity index (χ1v) is 12.2. The van der Waals surface area contributed by atoms with E-state index in [1.165, 1.54) is 30.1 Å². The average molecular weight is 506 g/mol. The van der Waals surface area contributed by atoms with Crippen LogP contribution in [-0.4, -0.2) is 43.4 Å². The molecule has 4 N–H and O–H groups in total. The van der Waals surface area contributed by atoms with Crippen molar-refractivity contribution in [3.8, 4) is 11.8 Å². The Morgan fingerprint density at radius 1 is 1.27 bits per heavy atom. The first kappa shape index (κ1) is 27.6. The Labute approximate surface area is 216 Å². The van der Waals surface area contributed by atoms with Gasteiger partial charge in [0.05, 0.1) is 0 Å². The number of ether oxygens (including phenoxy) is 1. The molecule has 0 radical (unpaired) electrons. The van der Waals surface area contributed by atoms with Crippen LogP contribution in [0.5, 0.6) is 0 Å². The van der Waals surface area contributed by atoms with Gasteiger partial charge in [-0.3, -0.25) is 4.79 Å². The summed E-state index contributed by atoms with van der Waals surface area (Å²) in [6.07, 6.45) is 7.36. The fraction of sp³-hybridized carbons (Fsp3) is 0.357. The molecule has 1 aromatic heterocycles. The number of hydrogen-bond acceptors (Lipinski definition) is 5. The molecule has 8 nitrogen and oxygen atoms in total. The van der Waals surface area contributed by atoms with Crippen LogP contribution < -0.4 is 16.4 Å². The summed E-state index contributed by atoms with van der Waals surface area (Å²) < 4.78 is 18.1. The van der Waals surface area contributed by atoms with E-state index in [9.17, 15) is 14.0 Å². The van der Waals surface area contributed by atoms with Gasteiger partial charge >= 0.3 is 6.03 Å². The number of aromatic nitrogens is 1. The standard InChI is InChI=1S/C18H21NO2.C10H11FN4O/c1-19-17-13-15(6-5-14-9-11-21-12-10-14)7-8-16(17)3-2-4-18(19)20;11-9-3-1-2-8(15-9)4-7(5-12)6-14-10(13)16/h7-8,13-14H,2-4,9-12H2,1H3;1-3,5-6H,4,12H2,(H2,13,16)/b;7-5-,14-6+. The molecular weight excluding hydrogens is 473 g/mol. The van der Waals surface area contributed by atoms with Gasteiger partial charge in [-0.05, 0) is 67.3 Å². The van der Waals surface area contributed by atoms with Crippen LogP contribution in [0.3, 0.4) is 0 Å². The Morgan fingerprint density at radius 2 is 2.05 bits per heavy atom. The largest absolute Gasteiger partial charge is 0.404 e. The van der Waals surface area contributed by atoms with Crippen molar-refractivity contribution in [2.75, 3.05) is 25.2 Å². The van der Waals surface area contributed by atoms with Crippen molar-refractivity contribution in [3.63, 3.8) is 0 Å². The van der Waals surface area contributed by atoms with E-state index in [0.717, 1.165) is 50.1 Å². The zero-order valence-electron chi connectivity index (χ0n) is 21.0. The van der Waals surface area contributed by atoms with E-state index >= 15 is 0 Å². The molecule has 0 aliphatic carbocycles. The molecule has 0 unspecified atom stereocenters. The smallest absolute Gasteiger partial charge is 0.338 e. The van der Waals surface area contributed by atoms with Crippen LogP contribution in [0, 0.1) is 23.7 Å². The normalized spacial score (nSPS) is 16.2. The van der Waals surface area contributed by atoms with Crippen molar-refractivity contribution < 1.29 is 18.7 Å². The third kappa shape index (κ3) is 8.85. The van der Waals surface area contributed by atoms with Gasteiger partial charge in [0, 0.05) is 62.2 Å². The molecule has 9 heteroatoms. The lowest BCUT2D eigenvalue weighted by molar-refractivity contribution is -0.118. The number of anilines is 1. The van der Waals surface area contributed by atoms with Crippen LogP contribution in [-0.2, 0) is 22.4 Å². The van der Waals surface area contributed by atoms with Gasteiger partial charge in [0.15, 0.2) is 0 Å². The minimum Gasteiger partial charge on any atom is -0.404 e. The third-order valence-corrected chi connectivity index (χ3v) is 6.03. The van der Waals surface area contributed by atoms with Crippen LogP contribution in [0.4, 0.5) is 14.9 Å². The highest BCUT2D eigenvalue weighted by Crippen LogP contribution is 2.27. The van der Waals surface area contributed by atoms with Crippen LogP contribution in [0.2, 0.25) is 0 Å². The van der Waals surface area contributed by atoms with E-state index in [1.807, 2.05) is 7.05 Å². The summed E-state index contributed by atoms with van der Waals surface area (Å²) in [5.74, 6) is 6.70. The fourth-order valence-electron chi connectivity index (χ4n) is 3.98. The first-order valence-electron chi connectivity index (χ1n) is 12.2. The van der Waals surface area contributed by atoms with Gasteiger partial charge in [-0.1, -0.05) is 24.0 Å². The van der Waals surface area contributed by atoms with E-state index in [-0.39, 0.29) is 12.3 Å². The number of halogens is 1. The van der Waals surface area contributed by atoms with Gasteiger partial charge < -0.3 is 21.1 Å². The van der Waals surface area contributed by atoms with Crippen LogP contribution in [0.25, 0.3) is 0 Å². The SMILES string of the molecule is CN1C(=O)CCCc2ccc(C#CC3CCOCC3)cc21.N/C=C(\C=N\C(N)=O)Cc1cccc(F)n1. The van der Waals surface area contributed by atoms with Crippen molar-refractivity contribution in [2.45, 2.75) is 38.5 Å². The molecular formula is C28H32FN5O3. The number of pyridine rings is 1. The zero-order chi connectivity index (χ0) is 26.6. The maximum absolute atomic E-state index is 12.8. The second-order valence-electron chi connectivity index (χ2n) is 8.77. The lowest BCUT2D eigenvalue weighted by atomic mass is 10.00. The molecule has 2 aromatic rings. The van der Waals surface area contributed by atoms with Crippen molar-refractivity contribution in [1.29, 1.82) is 0 Å². The maximum atomic E-state index is 12.8. The minimum atomic E-state index is -0.813. The zero-order valence-corrected chi connectivity index (χ0v) is 21.0. The first-order chi connectivity index (χ1) is 17.9. The van der Waals surface area contributed by atoms with Gasteiger partial charge in [-0.15, -0.1) is 0 Å². The highest BCUT2D eigenvalue weighted by molar-refractivity contribution is 5.94. The molecule has 2 aliphatic heterocycles. The number of aryl methyl sites for hydroxylation is 1. The monoisotopic (exact) mass is 505 g/mol. The molecule has 194 valence electrons. The van der Waals surface area contributed by atoms with Crippen LogP contribution in [0.1, 0.15) is 42.5 Å².